The predicted molar refractivity (Wildman–Crippen MR) is 113 cm³/mol. The fourth-order valence-corrected chi connectivity index (χ4v) is 3.30. The first-order chi connectivity index (χ1) is 12.4. The molecule has 2 aromatic rings. The summed E-state index contributed by atoms with van der Waals surface area (Å²) in [6, 6.07) is 2.76. The monoisotopic (exact) mass is 385 g/mol. The number of imidazole rings is 1. The van der Waals surface area contributed by atoms with Crippen LogP contribution in [-0.4, -0.2) is 36.3 Å². The van der Waals surface area contributed by atoms with Gasteiger partial charge in [0.15, 0.2) is 17.0 Å². The lowest BCUT2D eigenvalue weighted by Crippen LogP contribution is -2.32. The molecular formula is C20H27N5OS. The molecule has 2 heterocycles. The van der Waals surface area contributed by atoms with Gasteiger partial charge in [-0.3, -0.25) is 0 Å². The maximum atomic E-state index is 10.7. The van der Waals surface area contributed by atoms with E-state index in [1.807, 2.05) is 0 Å². The summed E-state index contributed by atoms with van der Waals surface area (Å²) < 4.78 is 1.52. The zero-order chi connectivity index (χ0) is 18.7. The van der Waals surface area contributed by atoms with E-state index in [9.17, 15) is 5.11 Å². The Morgan fingerprint density at radius 2 is 2.26 bits per heavy atom. The second-order valence-electron chi connectivity index (χ2n) is 7.25. The van der Waals surface area contributed by atoms with Crippen LogP contribution in [0.2, 0.25) is 0 Å². The van der Waals surface area contributed by atoms with E-state index in [0.717, 1.165) is 19.3 Å². The minimum Gasteiger partial charge on any atom is -0.378 e. The van der Waals surface area contributed by atoms with Crippen LogP contribution in [0.15, 0.2) is 6.33 Å². The third-order valence-electron chi connectivity index (χ3n) is 4.91. The molecule has 6 nitrogen and oxygen atoms in total. The van der Waals surface area contributed by atoms with Gasteiger partial charge in [0.25, 0.3) is 0 Å². The Bertz CT molecular complexity index is 907. The minimum absolute atomic E-state index is 0. The lowest BCUT2D eigenvalue weighted by Gasteiger charge is -2.30. The Balaban J connectivity index is 0.00000261. The average molecular weight is 386 g/mol. The molecule has 1 fully saturated rings. The number of hydrogen-bond acceptors (Lipinski definition) is 5. The highest BCUT2D eigenvalue weighted by molar-refractivity contribution is 7.59. The van der Waals surface area contributed by atoms with Crippen molar-refractivity contribution in [2.24, 2.45) is 5.92 Å². The molecule has 1 aliphatic carbocycles. The Kier molecular flexibility index (Phi) is 6.75. The molecule has 0 aromatic carbocycles. The summed E-state index contributed by atoms with van der Waals surface area (Å²) in [7, 11) is 0. The highest BCUT2D eigenvalue weighted by atomic mass is 32.1. The van der Waals surface area contributed by atoms with E-state index in [0.29, 0.717) is 41.6 Å². The van der Waals surface area contributed by atoms with E-state index < -0.39 is 5.60 Å². The first-order valence-corrected chi connectivity index (χ1v) is 9.18. The highest BCUT2D eigenvalue weighted by Crippen LogP contribution is 2.31. The molecule has 2 N–H and O–H groups in total. The molecule has 0 aliphatic heterocycles. The number of nitrogens with one attached hydrogen (secondary N) is 1. The van der Waals surface area contributed by atoms with Crippen LogP contribution in [0.5, 0.6) is 0 Å². The van der Waals surface area contributed by atoms with Crippen molar-refractivity contribution >= 4 is 30.5 Å². The number of fused-ring (bicyclic) bond motifs is 1. The van der Waals surface area contributed by atoms with E-state index in [4.69, 9.17) is 6.42 Å². The van der Waals surface area contributed by atoms with Gasteiger partial charge in [0.2, 0.25) is 5.82 Å². The van der Waals surface area contributed by atoms with Gasteiger partial charge in [-0.15, -0.1) is 0 Å². The van der Waals surface area contributed by atoms with Crippen LogP contribution in [-0.2, 0) is 0 Å². The van der Waals surface area contributed by atoms with Gasteiger partial charge >= 0.3 is 0 Å². The molecule has 0 spiro atoms. The van der Waals surface area contributed by atoms with Gasteiger partial charge in [0.05, 0.1) is 0 Å². The molecule has 2 aromatic heterocycles. The van der Waals surface area contributed by atoms with Crippen molar-refractivity contribution in [3.63, 3.8) is 0 Å². The molecule has 27 heavy (non-hydrogen) atoms. The van der Waals surface area contributed by atoms with Gasteiger partial charge in [0, 0.05) is 12.1 Å². The second kappa shape index (κ2) is 8.65. The minimum atomic E-state index is -0.966. The Morgan fingerprint density at radius 3 is 2.93 bits per heavy atom. The molecule has 0 saturated heterocycles. The number of nitrogens with zero attached hydrogens (tertiary/aromatic N) is 4. The summed E-state index contributed by atoms with van der Waals surface area (Å²) in [4.78, 5) is 13.3. The number of aliphatic hydroxyl groups is 1. The molecule has 0 bridgehead atoms. The van der Waals surface area contributed by atoms with E-state index in [1.165, 1.54) is 4.57 Å². The zero-order valence-electron chi connectivity index (χ0n) is 16.1. The van der Waals surface area contributed by atoms with Gasteiger partial charge in [-0.1, -0.05) is 32.6 Å². The van der Waals surface area contributed by atoms with Gasteiger partial charge in [0.1, 0.15) is 11.9 Å². The molecule has 3 rings (SSSR count). The van der Waals surface area contributed by atoms with Crippen molar-refractivity contribution in [3.05, 3.63) is 12.2 Å². The van der Waals surface area contributed by atoms with Gasteiger partial charge in [-0.25, -0.2) is 14.5 Å². The molecule has 144 valence electrons. The van der Waals surface area contributed by atoms with Gasteiger partial charge < -0.3 is 10.4 Å². The van der Waals surface area contributed by atoms with Gasteiger partial charge in [-0.2, -0.15) is 18.5 Å². The van der Waals surface area contributed by atoms with E-state index in [2.05, 4.69) is 58.9 Å². The van der Waals surface area contributed by atoms with Crippen molar-refractivity contribution in [2.75, 3.05) is 5.32 Å². The normalized spacial score (nSPS) is 22.9. The van der Waals surface area contributed by atoms with Crippen molar-refractivity contribution in [1.82, 2.24) is 19.5 Å². The van der Waals surface area contributed by atoms with Crippen LogP contribution in [0, 0.1) is 30.2 Å². The Morgan fingerprint density at radius 1 is 1.48 bits per heavy atom. The quantitative estimate of drug-likeness (QED) is 0.795. The van der Waals surface area contributed by atoms with Crippen LogP contribution < -0.4 is 5.32 Å². The third kappa shape index (κ3) is 4.74. The third-order valence-corrected chi connectivity index (χ3v) is 4.91. The van der Waals surface area contributed by atoms with E-state index in [1.54, 1.807) is 6.33 Å². The fraction of sp³-hybridized carbons (Fsp3) is 0.550. The van der Waals surface area contributed by atoms with Crippen molar-refractivity contribution in [1.29, 1.82) is 0 Å². The van der Waals surface area contributed by atoms with Crippen LogP contribution in [0.3, 0.4) is 0 Å². The van der Waals surface area contributed by atoms with E-state index in [-0.39, 0.29) is 19.5 Å². The summed E-state index contributed by atoms with van der Waals surface area (Å²) in [6.45, 7) is 6.31. The highest BCUT2D eigenvalue weighted by Gasteiger charge is 2.30. The number of aromatic nitrogens is 4. The lowest BCUT2D eigenvalue weighted by molar-refractivity contribution is 0.0410. The number of anilines is 1. The molecule has 1 saturated carbocycles. The molecule has 7 heteroatoms. The van der Waals surface area contributed by atoms with Crippen molar-refractivity contribution in [3.8, 4) is 24.3 Å². The van der Waals surface area contributed by atoms with Crippen LogP contribution >= 0.6 is 13.5 Å². The van der Waals surface area contributed by atoms with Crippen molar-refractivity contribution in [2.45, 2.75) is 64.5 Å². The number of terminal acetylenes is 1. The number of hydrogen-bond donors (Lipinski definition) is 2. The second-order valence-corrected chi connectivity index (χ2v) is 7.25. The first kappa shape index (κ1) is 21.1. The summed E-state index contributed by atoms with van der Waals surface area (Å²) >= 11 is 0. The maximum absolute atomic E-state index is 10.7. The van der Waals surface area contributed by atoms with Crippen LogP contribution in [0.25, 0.3) is 11.2 Å². The molecule has 1 aliphatic rings. The van der Waals surface area contributed by atoms with Crippen LogP contribution in [0.4, 0.5) is 5.82 Å². The Hall–Kier alpha value is -2.22. The molecule has 0 amide bonds. The topological polar surface area (TPSA) is 75.9 Å². The average Bonchev–Trinajstić information content (AvgIpc) is 3.03. The lowest BCUT2D eigenvalue weighted by atomic mass is 9.79. The maximum Gasteiger partial charge on any atom is 0.209 e. The largest absolute Gasteiger partial charge is 0.378 e. The van der Waals surface area contributed by atoms with E-state index >= 15 is 0 Å². The Labute approximate surface area is 167 Å². The standard InChI is InChI=1S/C20H25N5O.H2S/c1-5-15(4)22-18-17-19(25(6-2)13-21-17)24-16(23-18)9-11-20(26)10-7-8-14(3)12-20;/h2,13-15,26H,5,7-8,10,12H2,1,3-4H3,(H,22,23,24);1H2/t14-,15+,20-;/m1./s1. The molecular weight excluding hydrogens is 358 g/mol. The fourth-order valence-electron chi connectivity index (χ4n) is 3.30. The molecule has 3 atom stereocenters. The SMILES string of the molecule is C#Cn1cnc2c(N[C@@H](C)CC)nc(C#C[C@]3(O)CCC[C@@H](C)C3)nc21.S. The summed E-state index contributed by atoms with van der Waals surface area (Å²) in [5.74, 6) is 7.40. The first-order valence-electron chi connectivity index (χ1n) is 9.18. The molecule has 0 unspecified atom stereocenters. The zero-order valence-corrected chi connectivity index (χ0v) is 17.1. The van der Waals surface area contributed by atoms with Crippen LogP contribution in [0.1, 0.15) is 58.7 Å². The smallest absolute Gasteiger partial charge is 0.209 e. The summed E-state index contributed by atoms with van der Waals surface area (Å²) in [6.07, 6.45) is 11.5. The van der Waals surface area contributed by atoms with Crippen molar-refractivity contribution < 1.29 is 5.11 Å². The predicted octanol–water partition coefficient (Wildman–Crippen LogP) is 2.88. The molecule has 0 radical (unpaired) electrons. The summed E-state index contributed by atoms with van der Waals surface area (Å²) in [5, 5.41) is 14.1. The summed E-state index contributed by atoms with van der Waals surface area (Å²) in [5.41, 5.74) is 0.201. The number of rotatable bonds is 3. The van der Waals surface area contributed by atoms with Gasteiger partial charge in [-0.05, 0) is 44.4 Å².